The fourth-order valence-corrected chi connectivity index (χ4v) is 1.65. The van der Waals surface area contributed by atoms with E-state index in [1.807, 2.05) is 6.92 Å². The fraction of sp³-hybridized carbons (Fsp3) is 0.417. The minimum atomic E-state index is -0.567. The molecule has 1 aromatic heterocycles. The maximum Gasteiger partial charge on any atom is 0.253 e. The lowest BCUT2D eigenvalue weighted by Gasteiger charge is -2.13. The summed E-state index contributed by atoms with van der Waals surface area (Å²) in [6.07, 6.45) is 3.91. The van der Waals surface area contributed by atoms with E-state index >= 15 is 0 Å². The van der Waals surface area contributed by atoms with Crippen molar-refractivity contribution >= 4 is 27.7 Å². The van der Waals surface area contributed by atoms with Crippen molar-refractivity contribution < 1.29 is 9.59 Å². The van der Waals surface area contributed by atoms with Crippen LogP contribution in [0.1, 0.15) is 30.6 Å². The Morgan fingerprint density at radius 1 is 1.44 bits per heavy atom. The predicted octanol–water partition coefficient (Wildman–Crippen LogP) is 1.49. The third-order valence-corrected chi connectivity index (χ3v) is 2.69. The fourth-order valence-electron chi connectivity index (χ4n) is 1.28. The molecule has 0 unspecified atom stereocenters. The SMILES string of the molecule is CCCNC(=O)[C@@H](C)NC(=O)c1cncc(Br)c1. The number of halogens is 1. The summed E-state index contributed by atoms with van der Waals surface area (Å²) in [5, 5.41) is 5.34. The van der Waals surface area contributed by atoms with E-state index in [-0.39, 0.29) is 11.8 Å². The van der Waals surface area contributed by atoms with E-state index in [1.165, 1.54) is 6.20 Å². The Kier molecular flexibility index (Phi) is 5.77. The maximum atomic E-state index is 11.8. The summed E-state index contributed by atoms with van der Waals surface area (Å²) in [6.45, 7) is 4.22. The standard InChI is InChI=1S/C12H16BrN3O2/c1-3-4-15-11(17)8(2)16-12(18)9-5-10(13)7-14-6-9/h5-8H,3-4H2,1-2H3,(H,15,17)(H,16,18)/t8-/m1/s1. The van der Waals surface area contributed by atoms with Gasteiger partial charge >= 0.3 is 0 Å². The van der Waals surface area contributed by atoms with Crippen LogP contribution in [0.2, 0.25) is 0 Å². The molecular weight excluding hydrogens is 298 g/mol. The highest BCUT2D eigenvalue weighted by Crippen LogP contribution is 2.09. The molecule has 18 heavy (non-hydrogen) atoms. The van der Waals surface area contributed by atoms with E-state index < -0.39 is 6.04 Å². The lowest BCUT2D eigenvalue weighted by molar-refractivity contribution is -0.122. The molecule has 0 radical (unpaired) electrons. The summed E-state index contributed by atoms with van der Waals surface area (Å²) < 4.78 is 0.721. The average molecular weight is 314 g/mol. The number of carbonyl (C=O) groups is 2. The quantitative estimate of drug-likeness (QED) is 0.865. The second-order valence-electron chi connectivity index (χ2n) is 3.88. The normalized spacial score (nSPS) is 11.7. The van der Waals surface area contributed by atoms with Crippen molar-refractivity contribution in [1.29, 1.82) is 0 Å². The monoisotopic (exact) mass is 313 g/mol. The molecule has 1 atom stereocenters. The molecule has 0 aliphatic rings. The summed E-state index contributed by atoms with van der Waals surface area (Å²) in [6, 6.07) is 1.09. The molecule has 2 N–H and O–H groups in total. The van der Waals surface area contributed by atoms with Crippen LogP contribution in [0.15, 0.2) is 22.9 Å². The van der Waals surface area contributed by atoms with Crippen LogP contribution in [0.3, 0.4) is 0 Å². The summed E-state index contributed by atoms with van der Waals surface area (Å²) in [4.78, 5) is 27.3. The zero-order chi connectivity index (χ0) is 13.5. The Morgan fingerprint density at radius 3 is 2.78 bits per heavy atom. The number of hydrogen-bond acceptors (Lipinski definition) is 3. The first-order chi connectivity index (χ1) is 8.54. The molecule has 98 valence electrons. The minimum Gasteiger partial charge on any atom is -0.354 e. The number of hydrogen-bond donors (Lipinski definition) is 2. The first kappa shape index (κ1) is 14.6. The Labute approximate surface area is 114 Å². The molecule has 0 spiro atoms. The number of aromatic nitrogens is 1. The van der Waals surface area contributed by atoms with Crippen molar-refractivity contribution in [3.05, 3.63) is 28.5 Å². The van der Waals surface area contributed by atoms with Crippen molar-refractivity contribution in [3.8, 4) is 0 Å². The molecule has 0 aromatic carbocycles. The zero-order valence-corrected chi connectivity index (χ0v) is 12.0. The lowest BCUT2D eigenvalue weighted by atomic mass is 10.2. The Balaban J connectivity index is 2.56. The van der Waals surface area contributed by atoms with E-state index in [4.69, 9.17) is 0 Å². The van der Waals surface area contributed by atoms with Gasteiger partial charge in [0.25, 0.3) is 5.91 Å². The molecule has 6 heteroatoms. The number of amides is 2. The third kappa shape index (κ3) is 4.44. The Bertz CT molecular complexity index is 437. The maximum absolute atomic E-state index is 11.8. The summed E-state index contributed by atoms with van der Waals surface area (Å²) in [5.74, 6) is -0.504. The van der Waals surface area contributed by atoms with Gasteiger partial charge in [0.05, 0.1) is 5.56 Å². The van der Waals surface area contributed by atoms with Crippen molar-refractivity contribution in [1.82, 2.24) is 15.6 Å². The van der Waals surface area contributed by atoms with Gasteiger partial charge in [-0.25, -0.2) is 0 Å². The van der Waals surface area contributed by atoms with Crippen LogP contribution in [-0.4, -0.2) is 29.4 Å². The first-order valence-electron chi connectivity index (χ1n) is 5.73. The number of rotatable bonds is 5. The second-order valence-corrected chi connectivity index (χ2v) is 4.79. The number of nitrogens with zero attached hydrogens (tertiary/aromatic N) is 1. The van der Waals surface area contributed by atoms with Crippen molar-refractivity contribution in [2.75, 3.05) is 6.54 Å². The van der Waals surface area contributed by atoms with Crippen LogP contribution in [-0.2, 0) is 4.79 Å². The average Bonchev–Trinajstić information content (AvgIpc) is 2.35. The van der Waals surface area contributed by atoms with Crippen LogP contribution in [0.5, 0.6) is 0 Å². The molecule has 0 bridgehead atoms. The highest BCUT2D eigenvalue weighted by Gasteiger charge is 2.16. The number of pyridine rings is 1. The highest BCUT2D eigenvalue weighted by molar-refractivity contribution is 9.10. The van der Waals surface area contributed by atoms with Crippen LogP contribution < -0.4 is 10.6 Å². The van der Waals surface area contributed by atoms with Gasteiger partial charge in [0, 0.05) is 23.4 Å². The largest absolute Gasteiger partial charge is 0.354 e. The van der Waals surface area contributed by atoms with Gasteiger partial charge in [0.15, 0.2) is 0 Å². The zero-order valence-electron chi connectivity index (χ0n) is 10.4. The van der Waals surface area contributed by atoms with E-state index in [0.717, 1.165) is 10.9 Å². The van der Waals surface area contributed by atoms with Gasteiger partial charge in [-0.15, -0.1) is 0 Å². The molecule has 2 amide bonds. The third-order valence-electron chi connectivity index (χ3n) is 2.26. The second kappa shape index (κ2) is 7.10. The molecule has 1 rings (SSSR count). The van der Waals surface area contributed by atoms with Gasteiger partial charge in [0.1, 0.15) is 6.04 Å². The number of carbonyl (C=O) groups excluding carboxylic acids is 2. The van der Waals surface area contributed by atoms with E-state index in [1.54, 1.807) is 19.2 Å². The van der Waals surface area contributed by atoms with Gasteiger partial charge in [-0.1, -0.05) is 6.92 Å². The van der Waals surface area contributed by atoms with Gasteiger partial charge in [-0.05, 0) is 35.3 Å². The van der Waals surface area contributed by atoms with Gasteiger partial charge in [-0.3, -0.25) is 14.6 Å². The van der Waals surface area contributed by atoms with Crippen LogP contribution in [0, 0.1) is 0 Å². The lowest BCUT2D eigenvalue weighted by Crippen LogP contribution is -2.45. The topological polar surface area (TPSA) is 71.1 Å². The van der Waals surface area contributed by atoms with Gasteiger partial charge in [0.2, 0.25) is 5.91 Å². The number of nitrogens with one attached hydrogen (secondary N) is 2. The van der Waals surface area contributed by atoms with E-state index in [9.17, 15) is 9.59 Å². The van der Waals surface area contributed by atoms with Crippen LogP contribution >= 0.6 is 15.9 Å². The van der Waals surface area contributed by atoms with Crippen LogP contribution in [0.4, 0.5) is 0 Å². The Hall–Kier alpha value is -1.43. The Morgan fingerprint density at radius 2 is 2.17 bits per heavy atom. The smallest absolute Gasteiger partial charge is 0.253 e. The molecule has 1 aromatic rings. The summed E-state index contributed by atoms with van der Waals surface area (Å²) >= 11 is 3.24. The molecule has 5 nitrogen and oxygen atoms in total. The van der Waals surface area contributed by atoms with Gasteiger partial charge in [-0.2, -0.15) is 0 Å². The predicted molar refractivity (Wildman–Crippen MR) is 72.2 cm³/mol. The van der Waals surface area contributed by atoms with E-state index in [2.05, 4.69) is 31.5 Å². The van der Waals surface area contributed by atoms with Crippen LogP contribution in [0.25, 0.3) is 0 Å². The minimum absolute atomic E-state index is 0.187. The van der Waals surface area contributed by atoms with Gasteiger partial charge < -0.3 is 10.6 Å². The summed E-state index contributed by atoms with van der Waals surface area (Å²) in [7, 11) is 0. The first-order valence-corrected chi connectivity index (χ1v) is 6.53. The molecule has 0 aliphatic heterocycles. The van der Waals surface area contributed by atoms with Crippen molar-refractivity contribution in [3.63, 3.8) is 0 Å². The molecule has 0 saturated heterocycles. The highest BCUT2D eigenvalue weighted by atomic mass is 79.9. The molecule has 0 saturated carbocycles. The van der Waals surface area contributed by atoms with E-state index in [0.29, 0.717) is 12.1 Å². The molecule has 0 aliphatic carbocycles. The van der Waals surface area contributed by atoms with Crippen molar-refractivity contribution in [2.24, 2.45) is 0 Å². The molecule has 1 heterocycles. The van der Waals surface area contributed by atoms with Crippen molar-refractivity contribution in [2.45, 2.75) is 26.3 Å². The molecule has 0 fully saturated rings. The summed E-state index contributed by atoms with van der Waals surface area (Å²) in [5.41, 5.74) is 0.416. The molecular formula is C12H16BrN3O2.